The van der Waals surface area contributed by atoms with E-state index >= 15 is 0 Å². The zero-order chi connectivity index (χ0) is 23.0. The lowest BCUT2D eigenvalue weighted by Gasteiger charge is -2.18. The maximum Gasteiger partial charge on any atom is 0.284 e. The quantitative estimate of drug-likeness (QED) is 0.430. The number of thioether (sulfide) groups is 1. The molecular weight excluding hydrogens is 462 g/mol. The second-order valence-electron chi connectivity index (χ2n) is 8.51. The maximum absolute atomic E-state index is 13.3. The zero-order valence-corrected chi connectivity index (χ0v) is 19.7. The van der Waals surface area contributed by atoms with Gasteiger partial charge >= 0.3 is 0 Å². The fraction of sp³-hybridized carbons (Fsp3) is 0.455. The minimum atomic E-state index is -3.05. The van der Waals surface area contributed by atoms with Crippen LogP contribution in [0.1, 0.15) is 31.4 Å². The Morgan fingerprint density at radius 1 is 1.18 bits per heavy atom. The average molecular weight is 488 g/mol. The molecule has 1 aromatic rings. The summed E-state index contributed by atoms with van der Waals surface area (Å²) in [6, 6.07) is 8.95. The van der Waals surface area contributed by atoms with Gasteiger partial charge in [-0.15, -0.1) is 5.10 Å². The topological polar surface area (TPSA) is 116 Å². The Balaban J connectivity index is 1.45. The Morgan fingerprint density at radius 2 is 2.00 bits per heavy atom. The molecule has 0 spiro atoms. The van der Waals surface area contributed by atoms with E-state index in [2.05, 4.69) is 20.0 Å². The molecule has 0 bridgehead atoms. The number of nitrogens with one attached hydrogen (secondary N) is 1. The molecule has 174 valence electrons. The Labute approximate surface area is 195 Å². The van der Waals surface area contributed by atoms with Gasteiger partial charge in [0.05, 0.1) is 22.9 Å². The van der Waals surface area contributed by atoms with Crippen LogP contribution in [-0.2, 0) is 27.6 Å². The summed E-state index contributed by atoms with van der Waals surface area (Å²) in [4.78, 5) is 30.4. The predicted molar refractivity (Wildman–Crippen MR) is 126 cm³/mol. The molecule has 33 heavy (non-hydrogen) atoms. The minimum absolute atomic E-state index is 0.000955. The number of fused-ring (bicyclic) bond motifs is 3. The predicted octanol–water partition coefficient (Wildman–Crippen LogP) is 1.66. The molecule has 1 fully saturated rings. The molecule has 0 saturated carbocycles. The van der Waals surface area contributed by atoms with Gasteiger partial charge in [0.2, 0.25) is 5.91 Å². The summed E-state index contributed by atoms with van der Waals surface area (Å²) in [6.45, 7) is 0.735. The summed E-state index contributed by atoms with van der Waals surface area (Å²) in [5.41, 5.74) is 1.99. The molecule has 4 heterocycles. The lowest BCUT2D eigenvalue weighted by molar-refractivity contribution is -0.119. The lowest BCUT2D eigenvalue weighted by Crippen LogP contribution is -2.36. The van der Waals surface area contributed by atoms with E-state index in [1.165, 1.54) is 16.4 Å². The van der Waals surface area contributed by atoms with Crippen molar-refractivity contribution in [1.82, 2.24) is 24.6 Å². The van der Waals surface area contributed by atoms with Crippen LogP contribution in [0.3, 0.4) is 0 Å². The van der Waals surface area contributed by atoms with Gasteiger partial charge in [-0.05, 0) is 37.8 Å². The molecule has 4 aliphatic heterocycles. The van der Waals surface area contributed by atoms with Gasteiger partial charge in [0.15, 0.2) is 20.8 Å². The van der Waals surface area contributed by atoms with E-state index in [-0.39, 0.29) is 34.8 Å². The van der Waals surface area contributed by atoms with Crippen molar-refractivity contribution in [2.45, 2.75) is 49.8 Å². The minimum Gasteiger partial charge on any atom is -0.352 e. The highest BCUT2D eigenvalue weighted by Crippen LogP contribution is 2.30. The van der Waals surface area contributed by atoms with Gasteiger partial charge in [-0.2, -0.15) is 4.68 Å². The third-order valence-electron chi connectivity index (χ3n) is 6.10. The first-order valence-corrected chi connectivity index (χ1v) is 13.9. The number of aromatic nitrogens is 4. The summed E-state index contributed by atoms with van der Waals surface area (Å²) < 4.78 is 26.7. The van der Waals surface area contributed by atoms with Crippen LogP contribution in [0.15, 0.2) is 40.3 Å². The maximum atomic E-state index is 13.3. The number of amides is 1. The summed E-state index contributed by atoms with van der Waals surface area (Å²) in [5, 5.41) is 7.99. The zero-order valence-electron chi connectivity index (χ0n) is 18.1. The Bertz CT molecular complexity index is 1320. The lowest BCUT2D eigenvalue weighted by atomic mass is 10.1. The van der Waals surface area contributed by atoms with Crippen LogP contribution in [0.5, 0.6) is 0 Å². The highest BCUT2D eigenvalue weighted by atomic mass is 32.2. The van der Waals surface area contributed by atoms with Gasteiger partial charge in [0.25, 0.3) is 5.56 Å². The van der Waals surface area contributed by atoms with Crippen molar-refractivity contribution in [3.63, 3.8) is 0 Å². The van der Waals surface area contributed by atoms with Crippen molar-refractivity contribution in [2.75, 3.05) is 17.3 Å². The van der Waals surface area contributed by atoms with Gasteiger partial charge in [0, 0.05) is 18.3 Å². The number of sulfone groups is 1. The van der Waals surface area contributed by atoms with E-state index < -0.39 is 9.84 Å². The molecule has 1 atom stereocenters. The van der Waals surface area contributed by atoms with E-state index in [1.54, 1.807) is 0 Å². The first-order chi connectivity index (χ1) is 15.9. The van der Waals surface area contributed by atoms with Crippen LogP contribution in [0.25, 0.3) is 17.1 Å². The smallest absolute Gasteiger partial charge is 0.284 e. The first-order valence-electron chi connectivity index (χ1n) is 11.1. The number of carbonyl (C=O) groups excluding carboxylic acids is 1. The monoisotopic (exact) mass is 487 g/mol. The second-order valence-corrected chi connectivity index (χ2v) is 11.7. The standard InChI is InChI=1S/C22H25N5O4S2/c28-18(23-15-10-12-33(30,31)14-15)13-32-22-24-20-19(17-9-5-2-6-11-26(17)22)21(29)27(25-20)16-7-3-1-4-8-16/h1,3-4,7-8,15H,2,5-6,9-14H2,(H,23,28). The van der Waals surface area contributed by atoms with Crippen molar-refractivity contribution in [3.8, 4) is 17.1 Å². The largest absolute Gasteiger partial charge is 0.352 e. The SMILES string of the molecule is O=C(CSc1nc2nn(-c3ccccc3)c(=O)c-2c2n1CCCCC2)NC1CCS(=O)(=O)C1. The molecule has 0 aromatic heterocycles. The Morgan fingerprint density at radius 3 is 2.76 bits per heavy atom. The highest BCUT2D eigenvalue weighted by molar-refractivity contribution is 7.99. The molecule has 0 aliphatic carbocycles. The molecular formula is C22H25N5O4S2. The van der Waals surface area contributed by atoms with E-state index in [1.807, 2.05) is 30.3 Å². The summed E-state index contributed by atoms with van der Waals surface area (Å²) in [6.07, 6.45) is 4.23. The number of nitrogens with zero attached hydrogens (tertiary/aromatic N) is 4. The molecule has 1 N–H and O–H groups in total. The van der Waals surface area contributed by atoms with Crippen molar-refractivity contribution < 1.29 is 13.2 Å². The van der Waals surface area contributed by atoms with E-state index in [4.69, 9.17) is 0 Å². The van der Waals surface area contributed by atoms with Crippen LogP contribution in [0, 0.1) is 0 Å². The molecule has 0 radical (unpaired) electrons. The van der Waals surface area contributed by atoms with E-state index in [0.29, 0.717) is 28.7 Å². The van der Waals surface area contributed by atoms with Crippen molar-refractivity contribution in [3.05, 3.63) is 46.4 Å². The van der Waals surface area contributed by atoms with E-state index in [0.717, 1.165) is 37.9 Å². The molecule has 1 unspecified atom stereocenters. The molecule has 11 heteroatoms. The van der Waals surface area contributed by atoms with Gasteiger partial charge in [-0.1, -0.05) is 36.4 Å². The first kappa shape index (κ1) is 22.1. The van der Waals surface area contributed by atoms with Gasteiger partial charge in [0.1, 0.15) is 5.56 Å². The van der Waals surface area contributed by atoms with Crippen LogP contribution in [0.2, 0.25) is 0 Å². The van der Waals surface area contributed by atoms with Crippen molar-refractivity contribution in [1.29, 1.82) is 0 Å². The molecule has 9 nitrogen and oxygen atoms in total. The number of hydrogen-bond acceptors (Lipinski definition) is 7. The summed E-state index contributed by atoms with van der Waals surface area (Å²) in [5.74, 6) is 0.418. The van der Waals surface area contributed by atoms with Crippen molar-refractivity contribution >= 4 is 27.5 Å². The third-order valence-corrected chi connectivity index (χ3v) is 8.84. The van der Waals surface area contributed by atoms with Gasteiger partial charge in [-0.25, -0.2) is 13.4 Å². The molecule has 1 amide bonds. The number of hydrogen-bond donors (Lipinski definition) is 1. The second kappa shape index (κ2) is 8.94. The number of rotatable bonds is 5. The average Bonchev–Trinajstić information content (AvgIpc) is 3.19. The number of benzene rings is 1. The molecule has 1 saturated heterocycles. The number of carbonyl (C=O) groups is 1. The van der Waals surface area contributed by atoms with Crippen LogP contribution in [0.4, 0.5) is 0 Å². The highest BCUT2D eigenvalue weighted by Gasteiger charge is 2.30. The molecule has 1 aromatic carbocycles. The van der Waals surface area contributed by atoms with E-state index in [9.17, 15) is 18.0 Å². The number of para-hydroxylation sites is 1. The molecule has 5 rings (SSSR count). The fourth-order valence-electron chi connectivity index (χ4n) is 4.52. The fourth-order valence-corrected chi connectivity index (χ4v) is 7.04. The normalized spacial score (nSPS) is 19.8. The Hall–Kier alpha value is -2.66. The summed E-state index contributed by atoms with van der Waals surface area (Å²) in [7, 11) is -3.05. The van der Waals surface area contributed by atoms with Gasteiger partial charge in [-0.3, -0.25) is 9.59 Å². The van der Waals surface area contributed by atoms with Crippen molar-refractivity contribution in [2.24, 2.45) is 0 Å². The van der Waals surface area contributed by atoms with Crippen LogP contribution >= 0.6 is 11.8 Å². The van der Waals surface area contributed by atoms with Crippen LogP contribution < -0.4 is 10.9 Å². The molecule has 4 aliphatic rings. The van der Waals surface area contributed by atoms with Crippen LogP contribution in [-0.4, -0.2) is 57.0 Å². The third kappa shape index (κ3) is 4.56. The van der Waals surface area contributed by atoms with Gasteiger partial charge < -0.3 is 9.88 Å². The Kier molecular flexibility index (Phi) is 6.00. The summed E-state index contributed by atoms with van der Waals surface area (Å²) >= 11 is 1.30.